The molecule has 0 radical (unpaired) electrons. The molecule has 0 amide bonds. The third-order valence-electron chi connectivity index (χ3n) is 3.42. The Morgan fingerprint density at radius 1 is 1.00 bits per heavy atom. The molecule has 0 unspecified atom stereocenters. The maximum atomic E-state index is 11.3. The van der Waals surface area contributed by atoms with Gasteiger partial charge in [0.25, 0.3) is 0 Å². The van der Waals surface area contributed by atoms with E-state index in [1.165, 1.54) is 12.8 Å². The molecule has 2 aliphatic rings. The van der Waals surface area contributed by atoms with Crippen LogP contribution in [0, 0.1) is 0 Å². The number of rotatable bonds is 2. The van der Waals surface area contributed by atoms with Crippen LogP contribution >= 0.6 is 0 Å². The number of hydrogen-bond donors (Lipinski definition) is 0. The van der Waals surface area contributed by atoms with Gasteiger partial charge in [-0.25, -0.2) is 9.97 Å². The Hall–Kier alpha value is -1.65. The van der Waals surface area contributed by atoms with Crippen molar-refractivity contribution in [1.29, 1.82) is 0 Å². The Bertz CT molecular complexity index is 428. The summed E-state index contributed by atoms with van der Waals surface area (Å²) in [6, 6.07) is 2.00. The van der Waals surface area contributed by atoms with Crippen LogP contribution in [0.5, 0.6) is 0 Å². The fourth-order valence-electron chi connectivity index (χ4n) is 2.46. The second-order valence-electron chi connectivity index (χ2n) is 4.64. The summed E-state index contributed by atoms with van der Waals surface area (Å²) in [6.07, 6.45) is 4.72. The number of hydrogen-bond acceptors (Lipinski definition) is 5. The van der Waals surface area contributed by atoms with Gasteiger partial charge in [0, 0.05) is 32.1 Å². The summed E-state index contributed by atoms with van der Waals surface area (Å²) in [6.45, 7) is 3.44. The fraction of sp³-hybridized carbons (Fsp3) is 0.583. The highest BCUT2D eigenvalue weighted by Crippen LogP contribution is 2.22. The maximum absolute atomic E-state index is 11.3. The van der Waals surface area contributed by atoms with Crippen molar-refractivity contribution in [3.8, 4) is 0 Å². The van der Waals surface area contributed by atoms with Crippen LogP contribution in [0.2, 0.25) is 0 Å². The summed E-state index contributed by atoms with van der Waals surface area (Å²) in [5.74, 6) is 2.17. The largest absolute Gasteiger partial charge is 0.356 e. The number of Topliss-reactive ketones (excluding diaryl/α,β-unsaturated/α-hetero) is 1. The summed E-state index contributed by atoms with van der Waals surface area (Å²) in [5, 5.41) is 0. The van der Waals surface area contributed by atoms with Crippen molar-refractivity contribution in [2.24, 2.45) is 0 Å². The summed E-state index contributed by atoms with van der Waals surface area (Å²) < 4.78 is 0. The van der Waals surface area contributed by atoms with Crippen molar-refractivity contribution < 1.29 is 4.79 Å². The normalized spacial score (nSPS) is 20.4. The van der Waals surface area contributed by atoms with Gasteiger partial charge in [-0.1, -0.05) is 0 Å². The van der Waals surface area contributed by atoms with Crippen LogP contribution in [0.1, 0.15) is 19.3 Å². The molecule has 5 heteroatoms. The lowest BCUT2D eigenvalue weighted by molar-refractivity contribution is -0.116. The monoisotopic (exact) mass is 232 g/mol. The minimum absolute atomic E-state index is 0.298. The molecule has 1 aromatic heterocycles. The lowest BCUT2D eigenvalue weighted by Gasteiger charge is -2.19. The van der Waals surface area contributed by atoms with Gasteiger partial charge in [0.15, 0.2) is 5.78 Å². The van der Waals surface area contributed by atoms with Crippen molar-refractivity contribution in [2.45, 2.75) is 19.3 Å². The number of anilines is 2. The Labute approximate surface area is 100 Å². The number of ketones is 1. The first-order valence-corrected chi connectivity index (χ1v) is 6.16. The third kappa shape index (κ3) is 2.09. The maximum Gasteiger partial charge on any atom is 0.153 e. The number of carbonyl (C=O) groups excluding carboxylic acids is 1. The van der Waals surface area contributed by atoms with E-state index in [0.29, 0.717) is 18.7 Å². The highest BCUT2D eigenvalue weighted by atomic mass is 16.1. The molecule has 5 nitrogen and oxygen atoms in total. The van der Waals surface area contributed by atoms with Crippen molar-refractivity contribution in [3.05, 3.63) is 12.4 Å². The average molecular weight is 232 g/mol. The highest BCUT2D eigenvalue weighted by molar-refractivity contribution is 5.86. The molecule has 1 aromatic rings. The van der Waals surface area contributed by atoms with Crippen LogP contribution in [0.25, 0.3) is 0 Å². The fourth-order valence-corrected chi connectivity index (χ4v) is 2.46. The van der Waals surface area contributed by atoms with Gasteiger partial charge in [-0.15, -0.1) is 0 Å². The van der Waals surface area contributed by atoms with Crippen LogP contribution in [0.4, 0.5) is 11.6 Å². The standard InChI is InChI=1S/C12H16N4O/c17-10-3-6-16(8-10)12-7-11(13-9-14-12)15-4-1-2-5-15/h7,9H,1-6,8H2. The van der Waals surface area contributed by atoms with Gasteiger partial charge < -0.3 is 9.80 Å². The SMILES string of the molecule is O=C1CCN(c2cc(N3CCCC3)ncn2)C1. The number of nitrogens with zero attached hydrogens (tertiary/aromatic N) is 4. The Morgan fingerprint density at radius 3 is 2.35 bits per heavy atom. The molecule has 0 spiro atoms. The van der Waals surface area contributed by atoms with E-state index in [-0.39, 0.29) is 0 Å². The predicted molar refractivity (Wildman–Crippen MR) is 65.3 cm³/mol. The van der Waals surface area contributed by atoms with E-state index in [1.807, 2.05) is 11.0 Å². The van der Waals surface area contributed by atoms with E-state index in [9.17, 15) is 4.79 Å². The molecule has 2 aliphatic heterocycles. The first kappa shape index (κ1) is 10.5. The van der Waals surface area contributed by atoms with Crippen molar-refractivity contribution in [3.63, 3.8) is 0 Å². The molecule has 2 saturated heterocycles. The van der Waals surface area contributed by atoms with Crippen LogP contribution in [-0.2, 0) is 4.79 Å². The zero-order valence-corrected chi connectivity index (χ0v) is 9.80. The molecule has 0 saturated carbocycles. The summed E-state index contributed by atoms with van der Waals surface area (Å²) in [7, 11) is 0. The second-order valence-corrected chi connectivity index (χ2v) is 4.64. The van der Waals surface area contributed by atoms with E-state index in [4.69, 9.17) is 0 Å². The molecular weight excluding hydrogens is 216 g/mol. The molecular formula is C12H16N4O. The van der Waals surface area contributed by atoms with E-state index in [2.05, 4.69) is 14.9 Å². The van der Waals surface area contributed by atoms with Crippen molar-refractivity contribution in [2.75, 3.05) is 36.0 Å². The Kier molecular flexibility index (Phi) is 2.66. The Morgan fingerprint density at radius 2 is 1.71 bits per heavy atom. The third-order valence-corrected chi connectivity index (χ3v) is 3.42. The van der Waals surface area contributed by atoms with Gasteiger partial charge >= 0.3 is 0 Å². The van der Waals surface area contributed by atoms with Gasteiger partial charge in [0.1, 0.15) is 18.0 Å². The average Bonchev–Trinajstić information content (AvgIpc) is 3.00. The van der Waals surface area contributed by atoms with Gasteiger partial charge in [-0.05, 0) is 12.8 Å². The van der Waals surface area contributed by atoms with E-state index >= 15 is 0 Å². The number of carbonyl (C=O) groups is 1. The molecule has 0 N–H and O–H groups in total. The lowest BCUT2D eigenvalue weighted by Crippen LogP contribution is -2.23. The molecule has 17 heavy (non-hydrogen) atoms. The van der Waals surface area contributed by atoms with Crippen molar-refractivity contribution in [1.82, 2.24) is 9.97 Å². The minimum atomic E-state index is 0.298. The van der Waals surface area contributed by atoms with Crippen LogP contribution in [-0.4, -0.2) is 41.9 Å². The van der Waals surface area contributed by atoms with Crippen LogP contribution in [0.3, 0.4) is 0 Å². The summed E-state index contributed by atoms with van der Waals surface area (Å²) in [5.41, 5.74) is 0. The van der Waals surface area contributed by atoms with E-state index in [1.54, 1.807) is 6.33 Å². The zero-order valence-electron chi connectivity index (χ0n) is 9.80. The molecule has 3 heterocycles. The molecule has 3 rings (SSSR count). The molecule has 0 bridgehead atoms. The van der Waals surface area contributed by atoms with E-state index in [0.717, 1.165) is 31.3 Å². The van der Waals surface area contributed by atoms with Gasteiger partial charge in [0.05, 0.1) is 6.54 Å². The first-order valence-electron chi connectivity index (χ1n) is 6.16. The minimum Gasteiger partial charge on any atom is -0.356 e. The van der Waals surface area contributed by atoms with Crippen molar-refractivity contribution >= 4 is 17.4 Å². The van der Waals surface area contributed by atoms with Crippen LogP contribution in [0.15, 0.2) is 12.4 Å². The molecule has 2 fully saturated rings. The quantitative estimate of drug-likeness (QED) is 0.756. The lowest BCUT2D eigenvalue weighted by atomic mass is 10.4. The summed E-state index contributed by atoms with van der Waals surface area (Å²) >= 11 is 0. The van der Waals surface area contributed by atoms with Gasteiger partial charge in [-0.3, -0.25) is 4.79 Å². The van der Waals surface area contributed by atoms with E-state index < -0.39 is 0 Å². The summed E-state index contributed by atoms with van der Waals surface area (Å²) in [4.78, 5) is 24.2. The first-order chi connectivity index (χ1) is 8.33. The second kappa shape index (κ2) is 4.31. The molecule has 0 aromatic carbocycles. The number of aromatic nitrogens is 2. The smallest absolute Gasteiger partial charge is 0.153 e. The molecule has 90 valence electrons. The highest BCUT2D eigenvalue weighted by Gasteiger charge is 2.22. The molecule has 0 aliphatic carbocycles. The topological polar surface area (TPSA) is 49.3 Å². The van der Waals surface area contributed by atoms with Gasteiger partial charge in [-0.2, -0.15) is 0 Å². The molecule has 0 atom stereocenters. The zero-order chi connectivity index (χ0) is 11.7. The van der Waals surface area contributed by atoms with Crippen LogP contribution < -0.4 is 9.80 Å². The predicted octanol–water partition coefficient (Wildman–Crippen LogP) is 0.856. The van der Waals surface area contributed by atoms with Gasteiger partial charge in [0.2, 0.25) is 0 Å². The Balaban J connectivity index is 1.81.